The summed E-state index contributed by atoms with van der Waals surface area (Å²) in [4.78, 5) is 16.6. The fraction of sp³-hybridized carbons (Fsp3) is 0.923. The van der Waals surface area contributed by atoms with Crippen LogP contribution in [0.3, 0.4) is 0 Å². The zero-order valence-corrected chi connectivity index (χ0v) is 12.3. The molecule has 0 aromatic carbocycles. The van der Waals surface area contributed by atoms with Gasteiger partial charge in [-0.2, -0.15) is 0 Å². The van der Waals surface area contributed by atoms with Gasteiger partial charge in [-0.3, -0.25) is 9.69 Å². The fourth-order valence-corrected chi connectivity index (χ4v) is 2.42. The number of hydrogen-bond acceptors (Lipinski definition) is 4. The van der Waals surface area contributed by atoms with E-state index in [2.05, 4.69) is 15.5 Å². The van der Waals surface area contributed by atoms with Gasteiger partial charge < -0.3 is 15.5 Å². The van der Waals surface area contributed by atoms with E-state index < -0.39 is 5.54 Å². The van der Waals surface area contributed by atoms with Crippen LogP contribution in [0.5, 0.6) is 0 Å². The molecule has 106 valence electrons. The summed E-state index contributed by atoms with van der Waals surface area (Å²) in [6.07, 6.45) is 0.996. The molecule has 1 fully saturated rings. The molecule has 0 aromatic rings. The monoisotopic (exact) mass is 256 g/mol. The Balaban J connectivity index is 2.51. The van der Waals surface area contributed by atoms with Gasteiger partial charge in [0.15, 0.2) is 0 Å². The molecule has 0 radical (unpaired) electrons. The predicted molar refractivity (Wildman–Crippen MR) is 74.7 cm³/mol. The quantitative estimate of drug-likeness (QED) is 0.643. The topological polar surface area (TPSA) is 47.6 Å². The fourth-order valence-electron chi connectivity index (χ4n) is 2.42. The second-order valence-electron chi connectivity index (χ2n) is 5.48. The first kappa shape index (κ1) is 15.4. The molecule has 2 N–H and O–H groups in total. The Morgan fingerprint density at radius 1 is 1.39 bits per heavy atom. The van der Waals surface area contributed by atoms with Crippen molar-refractivity contribution in [1.29, 1.82) is 0 Å². The summed E-state index contributed by atoms with van der Waals surface area (Å²) in [5.74, 6) is 0.223. The zero-order valence-electron chi connectivity index (χ0n) is 12.3. The summed E-state index contributed by atoms with van der Waals surface area (Å²) < 4.78 is 0. The van der Waals surface area contributed by atoms with Gasteiger partial charge in [-0.1, -0.05) is 0 Å². The summed E-state index contributed by atoms with van der Waals surface area (Å²) >= 11 is 0. The maximum Gasteiger partial charge on any atom is 0.242 e. The number of nitrogens with one attached hydrogen (secondary N) is 2. The number of carbonyl (C=O) groups excluding carboxylic acids is 1. The molecule has 1 aliphatic rings. The van der Waals surface area contributed by atoms with Crippen LogP contribution in [-0.4, -0.2) is 74.6 Å². The smallest absolute Gasteiger partial charge is 0.242 e. The van der Waals surface area contributed by atoms with E-state index in [-0.39, 0.29) is 5.91 Å². The van der Waals surface area contributed by atoms with E-state index in [1.165, 1.54) is 0 Å². The van der Waals surface area contributed by atoms with Crippen LogP contribution in [0.15, 0.2) is 0 Å². The lowest BCUT2D eigenvalue weighted by Crippen LogP contribution is -2.60. The molecule has 1 heterocycles. The highest BCUT2D eigenvalue weighted by molar-refractivity contribution is 5.85. The van der Waals surface area contributed by atoms with E-state index in [1.807, 2.05) is 32.8 Å². The molecule has 1 aliphatic heterocycles. The first-order valence-corrected chi connectivity index (χ1v) is 6.86. The number of carbonyl (C=O) groups is 1. The summed E-state index contributed by atoms with van der Waals surface area (Å²) in [7, 11) is 3.84. The second-order valence-corrected chi connectivity index (χ2v) is 5.48. The lowest BCUT2D eigenvalue weighted by atomic mass is 9.99. The Labute approximate surface area is 111 Å². The third kappa shape index (κ3) is 3.93. The largest absolute Gasteiger partial charge is 0.344 e. The standard InChI is InChI=1S/C13H28N4O/c1-13(2,17-10-7-15-8-11-17)12(18)16(4)9-5-6-14-3/h14-15H,5-11H2,1-4H3. The normalized spacial score (nSPS) is 17.8. The molecule has 1 rings (SSSR count). The molecule has 0 unspecified atom stereocenters. The van der Waals surface area contributed by atoms with E-state index in [1.54, 1.807) is 0 Å². The van der Waals surface area contributed by atoms with Crippen molar-refractivity contribution in [3.8, 4) is 0 Å². The summed E-state index contributed by atoms with van der Waals surface area (Å²) in [6, 6.07) is 0. The van der Waals surface area contributed by atoms with Crippen molar-refractivity contribution in [3.63, 3.8) is 0 Å². The minimum Gasteiger partial charge on any atom is -0.344 e. The molecule has 0 aliphatic carbocycles. The average molecular weight is 256 g/mol. The maximum atomic E-state index is 12.5. The molecule has 0 saturated carbocycles. The van der Waals surface area contributed by atoms with Crippen LogP contribution < -0.4 is 10.6 Å². The highest BCUT2D eigenvalue weighted by Crippen LogP contribution is 2.17. The van der Waals surface area contributed by atoms with Crippen LogP contribution in [-0.2, 0) is 4.79 Å². The Morgan fingerprint density at radius 2 is 2.00 bits per heavy atom. The maximum absolute atomic E-state index is 12.5. The summed E-state index contributed by atoms with van der Waals surface area (Å²) in [5.41, 5.74) is -0.392. The average Bonchev–Trinajstić information content (AvgIpc) is 2.39. The van der Waals surface area contributed by atoms with E-state index in [0.29, 0.717) is 0 Å². The van der Waals surface area contributed by atoms with Gasteiger partial charge in [-0.25, -0.2) is 0 Å². The minimum absolute atomic E-state index is 0.223. The first-order valence-electron chi connectivity index (χ1n) is 6.86. The number of rotatable bonds is 6. The molecular weight excluding hydrogens is 228 g/mol. The molecule has 1 saturated heterocycles. The van der Waals surface area contributed by atoms with Gasteiger partial charge in [0.05, 0.1) is 5.54 Å². The van der Waals surface area contributed by atoms with Crippen molar-refractivity contribution < 1.29 is 4.79 Å². The second kappa shape index (κ2) is 7.07. The van der Waals surface area contributed by atoms with Crippen molar-refractivity contribution in [1.82, 2.24) is 20.4 Å². The molecule has 18 heavy (non-hydrogen) atoms. The van der Waals surface area contributed by atoms with Gasteiger partial charge in [-0.05, 0) is 33.9 Å². The van der Waals surface area contributed by atoms with Crippen molar-refractivity contribution in [2.75, 3.05) is 53.4 Å². The Morgan fingerprint density at radius 3 is 2.56 bits per heavy atom. The van der Waals surface area contributed by atoms with Crippen molar-refractivity contribution >= 4 is 5.91 Å². The molecule has 5 nitrogen and oxygen atoms in total. The first-order chi connectivity index (χ1) is 8.50. The van der Waals surface area contributed by atoms with E-state index in [0.717, 1.165) is 45.7 Å². The molecule has 5 heteroatoms. The highest BCUT2D eigenvalue weighted by Gasteiger charge is 2.36. The van der Waals surface area contributed by atoms with Gasteiger partial charge in [0, 0.05) is 39.8 Å². The predicted octanol–water partition coefficient (Wildman–Crippen LogP) is -0.262. The molecule has 0 bridgehead atoms. The van der Waals surface area contributed by atoms with E-state index >= 15 is 0 Å². The zero-order chi connectivity index (χ0) is 13.6. The van der Waals surface area contributed by atoms with Gasteiger partial charge in [0.2, 0.25) is 5.91 Å². The molecular formula is C13H28N4O. The van der Waals surface area contributed by atoms with Crippen LogP contribution in [0.4, 0.5) is 0 Å². The summed E-state index contributed by atoms with van der Waals surface area (Å²) in [6.45, 7) is 9.68. The van der Waals surface area contributed by atoms with Crippen LogP contribution in [0.1, 0.15) is 20.3 Å². The Kier molecular flexibility index (Phi) is 6.05. The van der Waals surface area contributed by atoms with Gasteiger partial charge >= 0.3 is 0 Å². The molecule has 0 atom stereocenters. The lowest BCUT2D eigenvalue weighted by molar-refractivity contribution is -0.141. The Bertz CT molecular complexity index is 262. The van der Waals surface area contributed by atoms with E-state index in [4.69, 9.17) is 0 Å². The third-order valence-corrected chi connectivity index (χ3v) is 3.70. The third-order valence-electron chi connectivity index (χ3n) is 3.70. The van der Waals surface area contributed by atoms with Crippen LogP contribution in [0.25, 0.3) is 0 Å². The van der Waals surface area contributed by atoms with Crippen molar-refractivity contribution in [2.24, 2.45) is 0 Å². The number of piperazine rings is 1. The van der Waals surface area contributed by atoms with Gasteiger partial charge in [0.1, 0.15) is 0 Å². The number of amides is 1. The molecule has 0 aromatic heterocycles. The molecule has 0 spiro atoms. The number of likely N-dealkylation sites (N-methyl/N-ethyl adjacent to an activating group) is 1. The lowest BCUT2D eigenvalue weighted by Gasteiger charge is -2.41. The number of hydrogen-bond donors (Lipinski definition) is 2. The molecule has 1 amide bonds. The van der Waals surface area contributed by atoms with Gasteiger partial charge in [0.25, 0.3) is 0 Å². The van der Waals surface area contributed by atoms with E-state index in [9.17, 15) is 4.79 Å². The van der Waals surface area contributed by atoms with Crippen molar-refractivity contribution in [2.45, 2.75) is 25.8 Å². The highest BCUT2D eigenvalue weighted by atomic mass is 16.2. The van der Waals surface area contributed by atoms with Crippen LogP contribution in [0.2, 0.25) is 0 Å². The number of nitrogens with zero attached hydrogens (tertiary/aromatic N) is 2. The summed E-state index contributed by atoms with van der Waals surface area (Å²) in [5, 5.41) is 6.43. The van der Waals surface area contributed by atoms with Crippen LogP contribution in [0, 0.1) is 0 Å². The van der Waals surface area contributed by atoms with Crippen molar-refractivity contribution in [3.05, 3.63) is 0 Å². The SMILES string of the molecule is CNCCCN(C)C(=O)C(C)(C)N1CCNCC1. The Hall–Kier alpha value is -0.650. The minimum atomic E-state index is -0.392. The van der Waals surface area contributed by atoms with Crippen LogP contribution >= 0.6 is 0 Å². The van der Waals surface area contributed by atoms with Gasteiger partial charge in [-0.15, -0.1) is 0 Å².